The van der Waals surface area contributed by atoms with Crippen molar-refractivity contribution in [3.8, 4) is 28.4 Å². The number of nitrogen functional groups attached to an aromatic ring is 1. The first-order chi connectivity index (χ1) is 9.62. The van der Waals surface area contributed by atoms with Crippen molar-refractivity contribution in [2.24, 2.45) is 0 Å². The molecule has 2 aromatic rings. The summed E-state index contributed by atoms with van der Waals surface area (Å²) < 4.78 is 16.0. The fourth-order valence-corrected chi connectivity index (χ4v) is 2.13. The van der Waals surface area contributed by atoms with E-state index in [0.29, 0.717) is 23.1 Å². The van der Waals surface area contributed by atoms with E-state index < -0.39 is 0 Å². The molecule has 0 spiro atoms. The summed E-state index contributed by atoms with van der Waals surface area (Å²) in [6, 6.07) is 7.47. The molecule has 0 atom stereocenters. The van der Waals surface area contributed by atoms with Crippen molar-refractivity contribution in [2.45, 2.75) is 6.92 Å². The van der Waals surface area contributed by atoms with E-state index in [2.05, 4.69) is 4.98 Å². The van der Waals surface area contributed by atoms with Crippen LogP contribution >= 0.6 is 0 Å². The number of hydrogen-bond donors (Lipinski definition) is 1. The maximum Gasteiger partial charge on any atom is 0.168 e. The number of rotatable bonds is 4. The van der Waals surface area contributed by atoms with Crippen molar-refractivity contribution in [2.75, 3.05) is 27.1 Å². The molecule has 20 heavy (non-hydrogen) atoms. The Kier molecular flexibility index (Phi) is 3.98. The van der Waals surface area contributed by atoms with E-state index in [1.165, 1.54) is 0 Å². The molecule has 2 N–H and O–H groups in total. The molecule has 0 saturated heterocycles. The lowest BCUT2D eigenvalue weighted by Crippen LogP contribution is -2.01. The lowest BCUT2D eigenvalue weighted by Gasteiger charge is -2.15. The summed E-state index contributed by atoms with van der Waals surface area (Å²) in [5, 5.41) is 0. The van der Waals surface area contributed by atoms with Crippen LogP contribution in [0.15, 0.2) is 24.3 Å². The third-order valence-corrected chi connectivity index (χ3v) is 3.11. The number of para-hydroxylation sites is 1. The van der Waals surface area contributed by atoms with Gasteiger partial charge in [-0.25, -0.2) is 4.98 Å². The van der Waals surface area contributed by atoms with Gasteiger partial charge in [-0.3, -0.25) is 0 Å². The summed E-state index contributed by atoms with van der Waals surface area (Å²) in [4.78, 5) is 4.31. The molecule has 0 aliphatic rings. The Bertz CT molecular complexity index is 627. The monoisotopic (exact) mass is 274 g/mol. The first-order valence-corrected chi connectivity index (χ1v) is 6.14. The van der Waals surface area contributed by atoms with E-state index in [1.807, 2.05) is 31.2 Å². The Morgan fingerprint density at radius 3 is 2.25 bits per heavy atom. The Balaban J connectivity index is 2.68. The summed E-state index contributed by atoms with van der Waals surface area (Å²) in [5.74, 6) is 2.37. The summed E-state index contributed by atoms with van der Waals surface area (Å²) in [6.45, 7) is 1.85. The molecule has 0 fully saturated rings. The number of pyridine rings is 1. The number of ether oxygens (including phenoxy) is 3. The first-order valence-electron chi connectivity index (χ1n) is 6.14. The predicted octanol–water partition coefficient (Wildman–Crippen LogP) is 2.67. The molecule has 1 heterocycles. The van der Waals surface area contributed by atoms with E-state index in [-0.39, 0.29) is 0 Å². The van der Waals surface area contributed by atoms with Crippen molar-refractivity contribution in [3.05, 3.63) is 30.0 Å². The molecule has 0 bridgehead atoms. The number of benzene rings is 1. The number of aromatic nitrogens is 1. The number of methoxy groups -OCH3 is 3. The molecule has 1 aromatic carbocycles. The van der Waals surface area contributed by atoms with Gasteiger partial charge in [0.15, 0.2) is 11.5 Å². The molecule has 106 valence electrons. The SMILES string of the molecule is COc1cc(-c2cccc(OC)c2OC)c(N)nc1C. The zero-order chi connectivity index (χ0) is 14.7. The van der Waals surface area contributed by atoms with Gasteiger partial charge in [0.05, 0.1) is 27.0 Å². The highest BCUT2D eigenvalue weighted by Gasteiger charge is 2.16. The largest absolute Gasteiger partial charge is 0.495 e. The number of hydrogen-bond acceptors (Lipinski definition) is 5. The standard InChI is InChI=1S/C15H18N2O3/c1-9-13(19-3)8-11(15(16)17-9)10-6-5-7-12(18-2)14(10)20-4/h5-8H,1-4H3,(H2,16,17). The Labute approximate surface area is 118 Å². The van der Waals surface area contributed by atoms with E-state index in [9.17, 15) is 0 Å². The highest BCUT2D eigenvalue weighted by molar-refractivity contribution is 5.81. The van der Waals surface area contributed by atoms with Crippen LogP contribution in [0.25, 0.3) is 11.1 Å². The van der Waals surface area contributed by atoms with Crippen molar-refractivity contribution in [1.82, 2.24) is 4.98 Å². The van der Waals surface area contributed by atoms with Crippen molar-refractivity contribution >= 4 is 5.82 Å². The number of nitrogens with two attached hydrogens (primary N) is 1. The molecule has 0 unspecified atom stereocenters. The van der Waals surface area contributed by atoms with E-state index in [1.54, 1.807) is 21.3 Å². The second-order valence-electron chi connectivity index (χ2n) is 4.25. The summed E-state index contributed by atoms with van der Waals surface area (Å²) in [5.41, 5.74) is 8.34. The van der Waals surface area contributed by atoms with Crippen molar-refractivity contribution in [3.63, 3.8) is 0 Å². The smallest absolute Gasteiger partial charge is 0.168 e. The highest BCUT2D eigenvalue weighted by Crippen LogP contribution is 2.41. The van der Waals surface area contributed by atoms with Gasteiger partial charge in [0.2, 0.25) is 0 Å². The normalized spacial score (nSPS) is 10.2. The van der Waals surface area contributed by atoms with E-state index in [4.69, 9.17) is 19.9 Å². The summed E-state index contributed by atoms with van der Waals surface area (Å²) in [7, 11) is 4.79. The Morgan fingerprint density at radius 1 is 0.950 bits per heavy atom. The van der Waals surface area contributed by atoms with Gasteiger partial charge in [-0.15, -0.1) is 0 Å². The maximum absolute atomic E-state index is 6.03. The zero-order valence-corrected chi connectivity index (χ0v) is 12.1. The van der Waals surface area contributed by atoms with Crippen LogP contribution in [-0.2, 0) is 0 Å². The first kappa shape index (κ1) is 14.0. The van der Waals surface area contributed by atoms with E-state index >= 15 is 0 Å². The molecule has 0 aliphatic heterocycles. The number of anilines is 1. The van der Waals surface area contributed by atoms with Crippen LogP contribution in [-0.4, -0.2) is 26.3 Å². The third-order valence-electron chi connectivity index (χ3n) is 3.11. The van der Waals surface area contributed by atoms with Gasteiger partial charge < -0.3 is 19.9 Å². The Morgan fingerprint density at radius 2 is 1.65 bits per heavy atom. The molecular formula is C15H18N2O3. The quantitative estimate of drug-likeness (QED) is 0.928. The summed E-state index contributed by atoms with van der Waals surface area (Å²) >= 11 is 0. The second-order valence-corrected chi connectivity index (χ2v) is 4.25. The molecule has 0 aliphatic carbocycles. The molecule has 0 amide bonds. The van der Waals surface area contributed by atoms with Crippen LogP contribution in [0.1, 0.15) is 5.69 Å². The fourth-order valence-electron chi connectivity index (χ4n) is 2.13. The lowest BCUT2D eigenvalue weighted by molar-refractivity contribution is 0.356. The third kappa shape index (κ3) is 2.34. The van der Waals surface area contributed by atoms with Crippen molar-refractivity contribution in [1.29, 1.82) is 0 Å². The van der Waals surface area contributed by atoms with Gasteiger partial charge in [-0.2, -0.15) is 0 Å². The van der Waals surface area contributed by atoms with Crippen molar-refractivity contribution < 1.29 is 14.2 Å². The number of nitrogens with zero attached hydrogens (tertiary/aromatic N) is 1. The Hall–Kier alpha value is -2.43. The minimum atomic E-state index is 0.426. The van der Waals surface area contributed by atoms with Crippen LogP contribution in [0.5, 0.6) is 17.2 Å². The summed E-state index contributed by atoms with van der Waals surface area (Å²) in [6.07, 6.45) is 0. The molecule has 1 aromatic heterocycles. The molecule has 0 saturated carbocycles. The van der Waals surface area contributed by atoms with Gasteiger partial charge in [-0.1, -0.05) is 12.1 Å². The lowest BCUT2D eigenvalue weighted by atomic mass is 10.0. The minimum Gasteiger partial charge on any atom is -0.495 e. The minimum absolute atomic E-state index is 0.426. The topological polar surface area (TPSA) is 66.6 Å². The molecule has 2 rings (SSSR count). The number of aryl methyl sites for hydroxylation is 1. The zero-order valence-electron chi connectivity index (χ0n) is 12.1. The molecular weight excluding hydrogens is 256 g/mol. The van der Waals surface area contributed by atoms with Gasteiger partial charge >= 0.3 is 0 Å². The fraction of sp³-hybridized carbons (Fsp3) is 0.267. The maximum atomic E-state index is 6.03. The average molecular weight is 274 g/mol. The van der Waals surface area contributed by atoms with Gasteiger partial charge in [0.1, 0.15) is 11.6 Å². The van der Waals surface area contributed by atoms with Crippen LogP contribution in [0.2, 0.25) is 0 Å². The average Bonchev–Trinajstić information content (AvgIpc) is 2.46. The predicted molar refractivity (Wildman–Crippen MR) is 78.5 cm³/mol. The van der Waals surface area contributed by atoms with Gasteiger partial charge in [0, 0.05) is 11.1 Å². The van der Waals surface area contributed by atoms with E-state index in [0.717, 1.165) is 16.8 Å². The molecule has 0 radical (unpaired) electrons. The van der Waals surface area contributed by atoms with Gasteiger partial charge in [-0.05, 0) is 19.1 Å². The highest BCUT2D eigenvalue weighted by atomic mass is 16.5. The molecule has 5 heteroatoms. The van der Waals surface area contributed by atoms with Gasteiger partial charge in [0.25, 0.3) is 0 Å². The van der Waals surface area contributed by atoms with Crippen LogP contribution in [0, 0.1) is 6.92 Å². The second kappa shape index (κ2) is 5.69. The van der Waals surface area contributed by atoms with Crippen LogP contribution in [0.4, 0.5) is 5.82 Å². The van der Waals surface area contributed by atoms with Crippen LogP contribution in [0.3, 0.4) is 0 Å². The van der Waals surface area contributed by atoms with Crippen LogP contribution < -0.4 is 19.9 Å². The molecule has 5 nitrogen and oxygen atoms in total.